The molecule has 2 aromatic rings. The Morgan fingerprint density at radius 2 is 1.25 bits per heavy atom. The molecule has 0 aromatic heterocycles. The number of hydrogen-bond acceptors (Lipinski definition) is 10. The standard InChI is InChI=1S/C27H35ClN2O4.C27H36N2O4/c1-19-11-10-13-30(17-19)24(31)18-34-29-22-12-8-6-4-5-7-9-14-33-27(32)25-20(2)15-21(3)26(28)23(25)16-22;1-20-16-21(2)26-23(17-20)18-24(13-8-6-4-5-7-11-15-32-27(26)31)28-33-19-25(30)29-14-10-9-12-22(29)3/h5,7-8,12,15,19H,4,6,9-11,13-14,16-18H2,1-3H3;5,7-8,13,16-17,22H,4,6,9-12,14-15,18-19H2,1-3H3/b7-5+,12-8?,29-22+;7-5+,13-8?,28-24-. The van der Waals surface area contributed by atoms with E-state index in [1.54, 1.807) is 0 Å². The molecule has 2 fully saturated rings. The van der Waals surface area contributed by atoms with Crippen LogP contribution in [0.25, 0.3) is 0 Å². The monoisotopic (exact) mass is 938 g/mol. The number of piperidine rings is 2. The first kappa shape index (κ1) is 52.5. The van der Waals surface area contributed by atoms with Crippen LogP contribution in [0.4, 0.5) is 0 Å². The second-order valence-electron chi connectivity index (χ2n) is 18.1. The minimum Gasteiger partial charge on any atom is -0.462 e. The van der Waals surface area contributed by atoms with Gasteiger partial charge in [-0.25, -0.2) is 9.59 Å². The summed E-state index contributed by atoms with van der Waals surface area (Å²) >= 11 is 6.67. The number of oxime groups is 2. The molecule has 2 amide bonds. The number of rotatable bonds is 6. The summed E-state index contributed by atoms with van der Waals surface area (Å²) in [6.07, 6.45) is 27.1. The van der Waals surface area contributed by atoms with Gasteiger partial charge in [-0.15, -0.1) is 0 Å². The molecule has 4 heterocycles. The second-order valence-corrected chi connectivity index (χ2v) is 18.5. The maximum atomic E-state index is 12.9. The van der Waals surface area contributed by atoms with Crippen molar-refractivity contribution in [2.24, 2.45) is 16.2 Å². The molecule has 4 aliphatic heterocycles. The van der Waals surface area contributed by atoms with Gasteiger partial charge in [-0.3, -0.25) is 9.59 Å². The van der Waals surface area contributed by atoms with Crippen molar-refractivity contribution in [1.82, 2.24) is 9.80 Å². The summed E-state index contributed by atoms with van der Waals surface area (Å²) < 4.78 is 11.1. The summed E-state index contributed by atoms with van der Waals surface area (Å²) in [5.41, 5.74) is 7.50. The van der Waals surface area contributed by atoms with Crippen LogP contribution in [0, 0.1) is 33.6 Å². The molecule has 0 saturated carbocycles. The Balaban J connectivity index is 0.000000251. The Hall–Kier alpha value is -5.49. The fourth-order valence-electron chi connectivity index (χ4n) is 8.88. The van der Waals surface area contributed by atoms with Gasteiger partial charge in [-0.2, -0.15) is 0 Å². The number of fused-ring (bicyclic) bond motifs is 2. The number of benzene rings is 2. The molecule has 2 aromatic carbocycles. The highest BCUT2D eigenvalue weighted by atomic mass is 35.5. The van der Waals surface area contributed by atoms with Crippen molar-refractivity contribution in [2.45, 2.75) is 131 Å². The van der Waals surface area contributed by atoms with Crippen LogP contribution in [0.15, 0.2) is 77.1 Å². The predicted molar refractivity (Wildman–Crippen MR) is 266 cm³/mol. The summed E-state index contributed by atoms with van der Waals surface area (Å²) in [4.78, 5) is 65.7. The van der Waals surface area contributed by atoms with E-state index in [0.29, 0.717) is 78.0 Å². The number of nitrogens with zero attached hydrogens (tertiary/aromatic N) is 4. The number of ether oxygens (including phenoxy) is 2. The Labute approximate surface area is 403 Å². The molecule has 4 aliphatic rings. The van der Waals surface area contributed by atoms with Crippen molar-refractivity contribution in [3.8, 4) is 0 Å². The second kappa shape index (κ2) is 27.4. The van der Waals surface area contributed by atoms with Crippen molar-refractivity contribution < 1.29 is 38.3 Å². The lowest BCUT2D eigenvalue weighted by Gasteiger charge is -2.32. The number of amides is 2. The Morgan fingerprint density at radius 1 is 0.672 bits per heavy atom. The summed E-state index contributed by atoms with van der Waals surface area (Å²) in [6, 6.07) is 6.13. The molecule has 0 bridgehead atoms. The normalized spacial score (nSPS) is 22.1. The quantitative estimate of drug-likeness (QED) is 0.159. The zero-order valence-electron chi connectivity index (χ0n) is 40.6. The van der Waals surface area contributed by atoms with E-state index in [2.05, 4.69) is 42.4 Å². The van der Waals surface area contributed by atoms with Crippen LogP contribution in [0.3, 0.4) is 0 Å². The number of likely N-dealkylation sites (tertiary alicyclic amines) is 2. The molecule has 2 unspecified atom stereocenters. The molecular formula is C54H71ClN4O8. The number of carbonyl (C=O) groups excluding carboxylic acids is 4. The van der Waals surface area contributed by atoms with Crippen molar-refractivity contribution in [1.29, 1.82) is 0 Å². The summed E-state index contributed by atoms with van der Waals surface area (Å²) in [7, 11) is 0. The van der Waals surface area contributed by atoms with Crippen LogP contribution in [0.5, 0.6) is 0 Å². The Bertz CT molecular complexity index is 2230. The lowest BCUT2D eigenvalue weighted by molar-refractivity contribution is -0.139. The van der Waals surface area contributed by atoms with E-state index in [9.17, 15) is 19.2 Å². The lowest BCUT2D eigenvalue weighted by atomic mass is 9.94. The zero-order valence-corrected chi connectivity index (χ0v) is 41.3. The number of carbonyl (C=O) groups is 4. The molecule has 362 valence electrons. The van der Waals surface area contributed by atoms with Crippen LogP contribution in [0.1, 0.15) is 139 Å². The van der Waals surface area contributed by atoms with Gasteiger partial charge in [0.2, 0.25) is 0 Å². The van der Waals surface area contributed by atoms with Crippen LogP contribution < -0.4 is 0 Å². The van der Waals surface area contributed by atoms with Crippen molar-refractivity contribution >= 4 is 46.8 Å². The predicted octanol–water partition coefficient (Wildman–Crippen LogP) is 10.7. The van der Waals surface area contributed by atoms with Gasteiger partial charge in [0.1, 0.15) is 0 Å². The zero-order chi connectivity index (χ0) is 48.1. The number of hydrogen-bond donors (Lipinski definition) is 0. The molecule has 6 rings (SSSR count). The molecular weight excluding hydrogens is 868 g/mol. The molecule has 2 saturated heterocycles. The van der Waals surface area contributed by atoms with Crippen LogP contribution in [-0.4, -0.2) is 97.1 Å². The fraction of sp³-hybridized carbons (Fsp3) is 0.519. The van der Waals surface area contributed by atoms with E-state index in [1.165, 1.54) is 0 Å². The first-order valence-electron chi connectivity index (χ1n) is 24.1. The molecule has 67 heavy (non-hydrogen) atoms. The molecule has 13 heteroatoms. The Kier molecular flexibility index (Phi) is 21.4. The van der Waals surface area contributed by atoms with Gasteiger partial charge in [0.15, 0.2) is 13.2 Å². The number of cyclic esters (lactones) is 2. The van der Waals surface area contributed by atoms with Gasteiger partial charge < -0.3 is 28.9 Å². The van der Waals surface area contributed by atoms with Gasteiger partial charge in [0.05, 0.1) is 35.8 Å². The first-order valence-corrected chi connectivity index (χ1v) is 24.5. The van der Waals surface area contributed by atoms with Gasteiger partial charge >= 0.3 is 11.9 Å². The highest BCUT2D eigenvalue weighted by Crippen LogP contribution is 2.30. The summed E-state index contributed by atoms with van der Waals surface area (Å²) in [5.74, 6) is -0.285. The average molecular weight is 940 g/mol. The molecule has 0 spiro atoms. The highest BCUT2D eigenvalue weighted by Gasteiger charge is 2.25. The van der Waals surface area contributed by atoms with Gasteiger partial charge in [-0.1, -0.05) is 89.1 Å². The van der Waals surface area contributed by atoms with E-state index in [4.69, 9.17) is 30.7 Å². The minimum atomic E-state index is -0.390. The van der Waals surface area contributed by atoms with E-state index < -0.39 is 5.97 Å². The molecule has 12 nitrogen and oxygen atoms in total. The van der Waals surface area contributed by atoms with E-state index >= 15 is 0 Å². The maximum Gasteiger partial charge on any atom is 0.338 e. The maximum absolute atomic E-state index is 12.9. The largest absolute Gasteiger partial charge is 0.462 e. The fourth-order valence-corrected chi connectivity index (χ4v) is 9.10. The third-order valence-electron chi connectivity index (χ3n) is 12.3. The average Bonchev–Trinajstić information content (AvgIpc) is 3.28. The number of aryl methyl sites for hydroxylation is 4. The molecule has 0 N–H and O–H groups in total. The van der Waals surface area contributed by atoms with Gasteiger partial charge in [-0.05, 0) is 151 Å². The van der Waals surface area contributed by atoms with Crippen molar-refractivity contribution in [3.05, 3.63) is 116 Å². The molecule has 0 aliphatic carbocycles. The topological polar surface area (TPSA) is 136 Å². The van der Waals surface area contributed by atoms with Crippen LogP contribution in [0.2, 0.25) is 5.02 Å². The number of allylic oxidation sites excluding steroid dienone is 6. The van der Waals surface area contributed by atoms with E-state index in [1.807, 2.05) is 86.1 Å². The van der Waals surface area contributed by atoms with Crippen molar-refractivity contribution in [3.63, 3.8) is 0 Å². The van der Waals surface area contributed by atoms with Gasteiger partial charge in [0.25, 0.3) is 11.8 Å². The highest BCUT2D eigenvalue weighted by molar-refractivity contribution is 6.33. The van der Waals surface area contributed by atoms with Crippen LogP contribution >= 0.6 is 11.6 Å². The number of halogens is 1. The van der Waals surface area contributed by atoms with E-state index in [0.717, 1.165) is 105 Å². The van der Waals surface area contributed by atoms with Crippen LogP contribution in [-0.2, 0) is 41.6 Å². The SMILES string of the molecule is Cc1cc(C)c2c(c1)C/C(=N\OCC(=O)N1CCCCC1C)C=CCC/C=C/CCOC2=O.Cc1cc(C)c2c(c1Cl)C/C(=N/OCC(=O)N1CCCC(C)C1)C=CCC/C=C/CCOC2=O. The smallest absolute Gasteiger partial charge is 0.338 e. The van der Waals surface area contributed by atoms with Gasteiger partial charge in [0, 0.05) is 43.5 Å². The lowest BCUT2D eigenvalue weighted by Crippen LogP contribution is -2.43. The van der Waals surface area contributed by atoms with Crippen molar-refractivity contribution in [2.75, 3.05) is 46.1 Å². The minimum absolute atomic E-state index is 0.0303. The summed E-state index contributed by atoms with van der Waals surface area (Å²) in [6.45, 7) is 14.8. The summed E-state index contributed by atoms with van der Waals surface area (Å²) in [5, 5.41) is 9.11. The Morgan fingerprint density at radius 3 is 1.90 bits per heavy atom. The third-order valence-corrected chi connectivity index (χ3v) is 12.8. The number of esters is 2. The first-order chi connectivity index (χ1) is 32.3. The van der Waals surface area contributed by atoms with E-state index in [-0.39, 0.29) is 37.0 Å². The third kappa shape index (κ3) is 16.7. The molecule has 2 atom stereocenters. The molecule has 0 radical (unpaired) electrons.